The summed E-state index contributed by atoms with van der Waals surface area (Å²) >= 11 is 0. The zero-order valence-corrected chi connectivity index (χ0v) is 13.4. The average molecular weight is 324 g/mol. The van der Waals surface area contributed by atoms with Crippen LogP contribution in [0, 0.1) is 0 Å². The summed E-state index contributed by atoms with van der Waals surface area (Å²) < 4.78 is 3.76. The number of nitrogens with one attached hydrogen (secondary N) is 1. The van der Waals surface area contributed by atoms with Gasteiger partial charge in [0.05, 0.1) is 18.3 Å². The normalized spacial score (nSPS) is 15.7. The highest BCUT2D eigenvalue weighted by Gasteiger charge is 2.19. The van der Waals surface area contributed by atoms with E-state index in [1.165, 1.54) is 19.3 Å². The van der Waals surface area contributed by atoms with E-state index < -0.39 is 0 Å². The van der Waals surface area contributed by atoms with Crippen molar-refractivity contribution in [1.29, 1.82) is 0 Å². The first-order valence-corrected chi connectivity index (χ1v) is 8.42. The first-order chi connectivity index (χ1) is 11.8. The van der Waals surface area contributed by atoms with Crippen LogP contribution in [0.3, 0.4) is 0 Å². The maximum atomic E-state index is 12.5. The Bertz CT molecular complexity index is 846. The molecule has 24 heavy (non-hydrogen) atoms. The number of rotatable bonds is 4. The Morgan fingerprint density at radius 1 is 1.21 bits per heavy atom. The third-order valence-corrected chi connectivity index (χ3v) is 4.68. The number of amides is 1. The zero-order valence-electron chi connectivity index (χ0n) is 13.4. The van der Waals surface area contributed by atoms with Crippen LogP contribution in [0.2, 0.25) is 0 Å². The first kappa shape index (κ1) is 14.9. The van der Waals surface area contributed by atoms with Gasteiger partial charge in [-0.05, 0) is 31.0 Å². The fraction of sp³-hybridized carbons (Fsp3) is 0.412. The van der Waals surface area contributed by atoms with Crippen molar-refractivity contribution in [2.45, 2.75) is 44.7 Å². The number of fused-ring (bicyclic) bond motifs is 1. The van der Waals surface area contributed by atoms with Crippen LogP contribution in [0.4, 0.5) is 0 Å². The molecule has 7 heteroatoms. The van der Waals surface area contributed by atoms with Gasteiger partial charge in [-0.1, -0.05) is 25.3 Å². The second kappa shape index (κ2) is 6.43. The van der Waals surface area contributed by atoms with Crippen LogP contribution in [0.1, 0.15) is 54.5 Å². The SMILES string of the molecule is O=C(NCc1nncn1C1CCCCC1)c1cccc2ccnn12. The van der Waals surface area contributed by atoms with E-state index in [1.807, 2.05) is 18.2 Å². The van der Waals surface area contributed by atoms with Crippen molar-refractivity contribution in [2.24, 2.45) is 0 Å². The van der Waals surface area contributed by atoms with Gasteiger partial charge in [0.1, 0.15) is 12.0 Å². The Morgan fingerprint density at radius 2 is 2.08 bits per heavy atom. The minimum absolute atomic E-state index is 0.164. The fourth-order valence-electron chi connectivity index (χ4n) is 3.43. The molecule has 7 nitrogen and oxygen atoms in total. The van der Waals surface area contributed by atoms with Crippen LogP contribution in [-0.2, 0) is 6.54 Å². The minimum Gasteiger partial charge on any atom is -0.343 e. The van der Waals surface area contributed by atoms with E-state index in [0.717, 1.165) is 24.2 Å². The average Bonchev–Trinajstić information content (AvgIpc) is 3.29. The molecule has 1 amide bonds. The van der Waals surface area contributed by atoms with Gasteiger partial charge in [0.2, 0.25) is 0 Å². The lowest BCUT2D eigenvalue weighted by molar-refractivity contribution is 0.0941. The van der Waals surface area contributed by atoms with Crippen LogP contribution in [0.25, 0.3) is 5.52 Å². The van der Waals surface area contributed by atoms with E-state index >= 15 is 0 Å². The summed E-state index contributed by atoms with van der Waals surface area (Å²) in [6.07, 6.45) is 9.58. The van der Waals surface area contributed by atoms with E-state index in [1.54, 1.807) is 23.1 Å². The maximum Gasteiger partial charge on any atom is 0.270 e. The van der Waals surface area contributed by atoms with Crippen LogP contribution in [-0.4, -0.2) is 30.3 Å². The summed E-state index contributed by atoms with van der Waals surface area (Å²) in [7, 11) is 0. The van der Waals surface area contributed by atoms with E-state index in [0.29, 0.717) is 18.3 Å². The summed E-state index contributed by atoms with van der Waals surface area (Å²) in [4.78, 5) is 12.5. The molecule has 1 aliphatic carbocycles. The highest BCUT2D eigenvalue weighted by Crippen LogP contribution is 2.28. The van der Waals surface area contributed by atoms with E-state index in [2.05, 4.69) is 25.2 Å². The number of carbonyl (C=O) groups is 1. The Balaban J connectivity index is 1.48. The molecule has 0 aliphatic heterocycles. The molecule has 0 radical (unpaired) electrons. The predicted octanol–water partition coefficient (Wildman–Crippen LogP) is 2.36. The predicted molar refractivity (Wildman–Crippen MR) is 88.5 cm³/mol. The maximum absolute atomic E-state index is 12.5. The molecule has 0 atom stereocenters. The summed E-state index contributed by atoms with van der Waals surface area (Å²) in [6.45, 7) is 0.368. The molecule has 1 N–H and O–H groups in total. The van der Waals surface area contributed by atoms with Crippen molar-refractivity contribution in [3.8, 4) is 0 Å². The van der Waals surface area contributed by atoms with Gasteiger partial charge in [-0.25, -0.2) is 4.52 Å². The number of hydrogen-bond acceptors (Lipinski definition) is 4. The molecule has 3 aromatic rings. The number of hydrogen-bond donors (Lipinski definition) is 1. The zero-order chi connectivity index (χ0) is 16.4. The molecule has 3 heterocycles. The Hall–Kier alpha value is -2.70. The van der Waals surface area contributed by atoms with E-state index in [-0.39, 0.29) is 5.91 Å². The standard InChI is InChI=1S/C17H20N6O/c24-17(15-8-4-7-14-9-10-20-23(14)15)18-11-16-21-19-12-22(16)13-5-2-1-3-6-13/h4,7-10,12-13H,1-3,5-6,11H2,(H,18,24). The Kier molecular flexibility index (Phi) is 3.98. The van der Waals surface area contributed by atoms with Gasteiger partial charge in [0.15, 0.2) is 5.82 Å². The summed E-state index contributed by atoms with van der Waals surface area (Å²) in [5.41, 5.74) is 1.41. The highest BCUT2D eigenvalue weighted by atomic mass is 16.2. The number of carbonyl (C=O) groups excluding carboxylic acids is 1. The molecule has 124 valence electrons. The molecule has 1 aliphatic rings. The van der Waals surface area contributed by atoms with Gasteiger partial charge < -0.3 is 9.88 Å². The molecule has 3 aromatic heterocycles. The number of pyridine rings is 1. The van der Waals surface area contributed by atoms with E-state index in [4.69, 9.17) is 0 Å². The fourth-order valence-corrected chi connectivity index (χ4v) is 3.43. The van der Waals surface area contributed by atoms with Gasteiger partial charge in [-0.3, -0.25) is 4.79 Å². The third kappa shape index (κ3) is 2.77. The van der Waals surface area contributed by atoms with Crippen molar-refractivity contribution in [3.05, 3.63) is 48.3 Å². The highest BCUT2D eigenvalue weighted by molar-refractivity contribution is 5.93. The lowest BCUT2D eigenvalue weighted by Gasteiger charge is -2.24. The Morgan fingerprint density at radius 3 is 2.96 bits per heavy atom. The van der Waals surface area contributed by atoms with Crippen molar-refractivity contribution in [1.82, 2.24) is 29.7 Å². The molecule has 0 saturated heterocycles. The molecule has 0 spiro atoms. The number of nitrogens with zero attached hydrogens (tertiary/aromatic N) is 5. The summed E-state index contributed by atoms with van der Waals surface area (Å²) in [5, 5.41) is 15.4. The molecule has 4 rings (SSSR count). The third-order valence-electron chi connectivity index (χ3n) is 4.68. The van der Waals surface area contributed by atoms with Gasteiger partial charge in [0, 0.05) is 6.04 Å². The molecule has 0 aromatic carbocycles. The Labute approximate surface area is 139 Å². The van der Waals surface area contributed by atoms with Crippen molar-refractivity contribution < 1.29 is 4.79 Å². The van der Waals surface area contributed by atoms with Crippen LogP contribution >= 0.6 is 0 Å². The smallest absolute Gasteiger partial charge is 0.270 e. The van der Waals surface area contributed by atoms with Crippen molar-refractivity contribution in [2.75, 3.05) is 0 Å². The van der Waals surface area contributed by atoms with Gasteiger partial charge in [-0.2, -0.15) is 5.10 Å². The number of aromatic nitrogens is 5. The van der Waals surface area contributed by atoms with E-state index in [9.17, 15) is 4.79 Å². The monoisotopic (exact) mass is 324 g/mol. The first-order valence-electron chi connectivity index (χ1n) is 8.42. The van der Waals surface area contributed by atoms with Crippen molar-refractivity contribution in [3.63, 3.8) is 0 Å². The molecule has 0 unspecified atom stereocenters. The quantitative estimate of drug-likeness (QED) is 0.799. The molecule has 0 bridgehead atoms. The second-order valence-corrected chi connectivity index (χ2v) is 6.21. The van der Waals surface area contributed by atoms with Gasteiger partial charge in [0.25, 0.3) is 5.91 Å². The lowest BCUT2D eigenvalue weighted by Crippen LogP contribution is -2.27. The topological polar surface area (TPSA) is 77.1 Å². The largest absolute Gasteiger partial charge is 0.343 e. The van der Waals surface area contributed by atoms with Gasteiger partial charge in [-0.15, -0.1) is 10.2 Å². The van der Waals surface area contributed by atoms with Crippen LogP contribution in [0.15, 0.2) is 36.8 Å². The second-order valence-electron chi connectivity index (χ2n) is 6.21. The molecular formula is C17H20N6O. The molecule has 1 saturated carbocycles. The lowest BCUT2D eigenvalue weighted by atomic mass is 9.95. The van der Waals surface area contributed by atoms with Crippen LogP contribution < -0.4 is 5.32 Å². The van der Waals surface area contributed by atoms with Gasteiger partial charge >= 0.3 is 0 Å². The van der Waals surface area contributed by atoms with Crippen molar-refractivity contribution >= 4 is 11.4 Å². The minimum atomic E-state index is -0.164. The molecular weight excluding hydrogens is 304 g/mol. The van der Waals surface area contributed by atoms with Crippen LogP contribution in [0.5, 0.6) is 0 Å². The molecule has 1 fully saturated rings. The summed E-state index contributed by atoms with van der Waals surface area (Å²) in [5.74, 6) is 0.644. The summed E-state index contributed by atoms with van der Waals surface area (Å²) in [6, 6.07) is 7.87.